The summed E-state index contributed by atoms with van der Waals surface area (Å²) < 4.78 is 0. The van der Waals surface area contributed by atoms with Crippen molar-refractivity contribution in [2.45, 2.75) is 19.8 Å². The minimum absolute atomic E-state index is 0.0335. The summed E-state index contributed by atoms with van der Waals surface area (Å²) in [6, 6.07) is 20.0. The SMILES string of the molecule is CCCC=CC(=O)C=C(c1ccccc1)c1ccccc1. The van der Waals surface area contributed by atoms with Gasteiger partial charge in [-0.05, 0) is 35.3 Å². The molecule has 0 fully saturated rings. The molecule has 0 bridgehead atoms. The number of hydrogen-bond donors (Lipinski definition) is 0. The van der Waals surface area contributed by atoms with Crippen molar-refractivity contribution in [3.63, 3.8) is 0 Å². The van der Waals surface area contributed by atoms with Gasteiger partial charge in [-0.2, -0.15) is 0 Å². The Bertz CT molecular complexity index is 580. The fraction of sp³-hybridized carbons (Fsp3) is 0.150. The van der Waals surface area contributed by atoms with Gasteiger partial charge in [-0.25, -0.2) is 0 Å². The lowest BCUT2D eigenvalue weighted by Crippen LogP contribution is -1.93. The van der Waals surface area contributed by atoms with Gasteiger partial charge in [0.2, 0.25) is 0 Å². The molecule has 0 aliphatic carbocycles. The molecule has 0 saturated carbocycles. The van der Waals surface area contributed by atoms with Crippen LogP contribution in [0.15, 0.2) is 78.9 Å². The zero-order valence-electron chi connectivity index (χ0n) is 12.3. The van der Waals surface area contributed by atoms with Crippen molar-refractivity contribution in [3.05, 3.63) is 90.0 Å². The van der Waals surface area contributed by atoms with Gasteiger partial charge < -0.3 is 0 Å². The average molecular weight is 276 g/mol. The molecule has 2 aromatic rings. The molecule has 106 valence electrons. The van der Waals surface area contributed by atoms with Crippen LogP contribution in [0.2, 0.25) is 0 Å². The highest BCUT2D eigenvalue weighted by atomic mass is 16.1. The van der Waals surface area contributed by atoms with Crippen LogP contribution >= 0.6 is 0 Å². The Morgan fingerprint density at radius 3 is 1.90 bits per heavy atom. The number of unbranched alkanes of at least 4 members (excludes halogenated alkanes) is 1. The van der Waals surface area contributed by atoms with Crippen molar-refractivity contribution in [2.24, 2.45) is 0 Å². The average Bonchev–Trinajstić information content (AvgIpc) is 2.54. The van der Waals surface area contributed by atoms with Gasteiger partial charge in [-0.3, -0.25) is 4.79 Å². The Morgan fingerprint density at radius 1 is 0.905 bits per heavy atom. The van der Waals surface area contributed by atoms with Crippen molar-refractivity contribution in [1.82, 2.24) is 0 Å². The van der Waals surface area contributed by atoms with E-state index in [2.05, 4.69) is 6.92 Å². The molecule has 0 aliphatic heterocycles. The molecule has 2 aromatic carbocycles. The number of ketones is 1. The highest BCUT2D eigenvalue weighted by Gasteiger charge is 2.05. The Hall–Kier alpha value is -2.41. The smallest absolute Gasteiger partial charge is 0.178 e. The van der Waals surface area contributed by atoms with Crippen molar-refractivity contribution >= 4 is 11.4 Å². The minimum Gasteiger partial charge on any atom is -0.290 e. The van der Waals surface area contributed by atoms with Gasteiger partial charge >= 0.3 is 0 Å². The number of benzene rings is 2. The maximum Gasteiger partial charge on any atom is 0.178 e. The maximum atomic E-state index is 12.1. The summed E-state index contributed by atoms with van der Waals surface area (Å²) in [7, 11) is 0. The highest BCUT2D eigenvalue weighted by Crippen LogP contribution is 2.23. The standard InChI is InChI=1S/C20H20O/c1-2-3-6-15-19(21)16-20(17-11-7-4-8-12-17)18-13-9-5-10-14-18/h4-16H,2-3H2,1H3. The Labute approximate surface area is 126 Å². The Balaban J connectivity index is 2.35. The van der Waals surface area contributed by atoms with Crippen molar-refractivity contribution in [2.75, 3.05) is 0 Å². The zero-order chi connectivity index (χ0) is 14.9. The van der Waals surface area contributed by atoms with E-state index >= 15 is 0 Å². The molecule has 0 atom stereocenters. The van der Waals surface area contributed by atoms with E-state index in [1.807, 2.05) is 66.7 Å². The third-order valence-corrected chi connectivity index (χ3v) is 3.19. The van der Waals surface area contributed by atoms with Crippen LogP contribution < -0.4 is 0 Å². The molecule has 21 heavy (non-hydrogen) atoms. The van der Waals surface area contributed by atoms with E-state index in [1.165, 1.54) is 0 Å². The predicted octanol–water partition coefficient (Wildman–Crippen LogP) is 5.04. The second-order valence-corrected chi connectivity index (χ2v) is 4.88. The third-order valence-electron chi connectivity index (χ3n) is 3.19. The van der Waals surface area contributed by atoms with Crippen molar-refractivity contribution < 1.29 is 4.79 Å². The van der Waals surface area contributed by atoms with E-state index in [0.717, 1.165) is 29.5 Å². The lowest BCUT2D eigenvalue weighted by atomic mass is 9.96. The lowest BCUT2D eigenvalue weighted by molar-refractivity contribution is -0.110. The molecule has 0 amide bonds. The third kappa shape index (κ3) is 4.57. The highest BCUT2D eigenvalue weighted by molar-refractivity contribution is 6.06. The van der Waals surface area contributed by atoms with Crippen LogP contribution in [0.5, 0.6) is 0 Å². The molecule has 0 aliphatic rings. The molecule has 0 spiro atoms. The van der Waals surface area contributed by atoms with Gasteiger partial charge in [0.1, 0.15) is 0 Å². The first-order valence-electron chi connectivity index (χ1n) is 7.34. The fourth-order valence-corrected chi connectivity index (χ4v) is 2.13. The summed E-state index contributed by atoms with van der Waals surface area (Å²) in [5, 5.41) is 0. The zero-order valence-corrected chi connectivity index (χ0v) is 12.3. The van der Waals surface area contributed by atoms with Gasteiger partial charge in [-0.15, -0.1) is 0 Å². The van der Waals surface area contributed by atoms with Gasteiger partial charge in [0, 0.05) is 0 Å². The molecule has 0 N–H and O–H groups in total. The van der Waals surface area contributed by atoms with E-state index in [1.54, 1.807) is 12.2 Å². The quantitative estimate of drug-likeness (QED) is 0.675. The summed E-state index contributed by atoms with van der Waals surface area (Å²) in [4.78, 5) is 12.1. The van der Waals surface area contributed by atoms with Crippen LogP contribution in [0.3, 0.4) is 0 Å². The first-order valence-corrected chi connectivity index (χ1v) is 7.34. The number of allylic oxidation sites excluding steroid dienone is 3. The number of hydrogen-bond acceptors (Lipinski definition) is 1. The first-order chi connectivity index (χ1) is 10.3. The molecular formula is C20H20O. The van der Waals surface area contributed by atoms with Crippen LogP contribution in [0.25, 0.3) is 5.57 Å². The van der Waals surface area contributed by atoms with Crippen LogP contribution in [0.1, 0.15) is 30.9 Å². The van der Waals surface area contributed by atoms with E-state index < -0.39 is 0 Å². The Kier molecular flexibility index (Phi) is 5.71. The lowest BCUT2D eigenvalue weighted by Gasteiger charge is -2.07. The number of carbonyl (C=O) groups excluding carboxylic acids is 1. The van der Waals surface area contributed by atoms with Crippen LogP contribution in [-0.4, -0.2) is 5.78 Å². The van der Waals surface area contributed by atoms with Crippen LogP contribution in [-0.2, 0) is 4.79 Å². The predicted molar refractivity (Wildman–Crippen MR) is 89.0 cm³/mol. The summed E-state index contributed by atoms with van der Waals surface area (Å²) in [5.74, 6) is 0.0335. The molecule has 0 radical (unpaired) electrons. The van der Waals surface area contributed by atoms with Gasteiger partial charge in [-0.1, -0.05) is 80.1 Å². The largest absolute Gasteiger partial charge is 0.290 e. The van der Waals surface area contributed by atoms with Gasteiger partial charge in [0.25, 0.3) is 0 Å². The molecule has 1 heteroatoms. The minimum atomic E-state index is 0.0335. The van der Waals surface area contributed by atoms with Crippen LogP contribution in [0.4, 0.5) is 0 Å². The second-order valence-electron chi connectivity index (χ2n) is 4.88. The fourth-order valence-electron chi connectivity index (χ4n) is 2.13. The second kappa shape index (κ2) is 8.01. The van der Waals surface area contributed by atoms with Gasteiger partial charge in [0.05, 0.1) is 0 Å². The molecule has 0 unspecified atom stereocenters. The van der Waals surface area contributed by atoms with E-state index in [4.69, 9.17) is 0 Å². The molecule has 0 heterocycles. The summed E-state index contributed by atoms with van der Waals surface area (Å²) >= 11 is 0. The molecule has 0 aromatic heterocycles. The van der Waals surface area contributed by atoms with Crippen LogP contribution in [0, 0.1) is 0 Å². The number of rotatable bonds is 6. The summed E-state index contributed by atoms with van der Waals surface area (Å²) in [5.41, 5.74) is 3.07. The van der Waals surface area contributed by atoms with E-state index in [9.17, 15) is 4.79 Å². The maximum absolute atomic E-state index is 12.1. The van der Waals surface area contributed by atoms with Crippen molar-refractivity contribution in [3.8, 4) is 0 Å². The molecule has 1 nitrogen and oxygen atoms in total. The Morgan fingerprint density at radius 2 is 1.43 bits per heavy atom. The normalized spacial score (nSPS) is 10.5. The monoisotopic (exact) mass is 276 g/mol. The van der Waals surface area contributed by atoms with E-state index in [-0.39, 0.29) is 5.78 Å². The number of carbonyl (C=O) groups is 1. The first kappa shape index (κ1) is 15.0. The van der Waals surface area contributed by atoms with Crippen molar-refractivity contribution in [1.29, 1.82) is 0 Å². The topological polar surface area (TPSA) is 17.1 Å². The molecule has 0 saturated heterocycles. The summed E-state index contributed by atoms with van der Waals surface area (Å²) in [6.45, 7) is 2.10. The molecule has 2 rings (SSSR count). The van der Waals surface area contributed by atoms with Gasteiger partial charge in [0.15, 0.2) is 5.78 Å². The summed E-state index contributed by atoms with van der Waals surface area (Å²) in [6.07, 6.45) is 7.31. The van der Waals surface area contributed by atoms with E-state index in [0.29, 0.717) is 0 Å². The molecular weight excluding hydrogens is 256 g/mol.